The molecule has 5 nitrogen and oxygen atoms in total. The van der Waals surface area contributed by atoms with E-state index < -0.39 is 4.92 Å². The molecule has 1 aromatic rings. The van der Waals surface area contributed by atoms with Gasteiger partial charge in [0.2, 0.25) is 5.91 Å². The van der Waals surface area contributed by atoms with Gasteiger partial charge in [-0.05, 0) is 31.4 Å². The van der Waals surface area contributed by atoms with Gasteiger partial charge in [0.1, 0.15) is 0 Å². The molecule has 0 atom stereocenters. The summed E-state index contributed by atoms with van der Waals surface area (Å²) in [5.74, 6) is -0.0723. The zero-order valence-electron chi connectivity index (χ0n) is 8.95. The number of amides is 1. The second-order valence-corrected chi connectivity index (χ2v) is 3.95. The number of rotatable bonds is 1. The number of fused-ring (bicyclic) bond motifs is 1. The van der Waals surface area contributed by atoms with Gasteiger partial charge in [-0.15, -0.1) is 0 Å². The molecule has 0 spiro atoms. The lowest BCUT2D eigenvalue weighted by Crippen LogP contribution is -2.09. The van der Waals surface area contributed by atoms with Gasteiger partial charge in [0.05, 0.1) is 10.6 Å². The fraction of sp³-hybridized carbons (Fsp3) is 0.364. The van der Waals surface area contributed by atoms with Crippen LogP contribution in [-0.2, 0) is 11.2 Å². The molecule has 0 aromatic heterocycles. The Morgan fingerprint density at radius 2 is 2.12 bits per heavy atom. The SMILES string of the molecule is Cc1cc2c(cc1[N+](=O)[O-])NC(=O)CCC2. The van der Waals surface area contributed by atoms with Crippen molar-refractivity contribution >= 4 is 17.3 Å². The number of anilines is 1. The summed E-state index contributed by atoms with van der Waals surface area (Å²) in [5, 5.41) is 13.5. The van der Waals surface area contributed by atoms with Crippen LogP contribution in [0.15, 0.2) is 12.1 Å². The summed E-state index contributed by atoms with van der Waals surface area (Å²) in [5.41, 5.74) is 2.26. The van der Waals surface area contributed by atoms with Gasteiger partial charge in [0.25, 0.3) is 5.69 Å². The van der Waals surface area contributed by atoms with Gasteiger partial charge < -0.3 is 5.32 Å². The van der Waals surface area contributed by atoms with Gasteiger partial charge in [-0.25, -0.2) is 0 Å². The molecule has 0 saturated heterocycles. The maximum atomic E-state index is 11.3. The van der Waals surface area contributed by atoms with Crippen LogP contribution in [0, 0.1) is 17.0 Å². The molecule has 0 saturated carbocycles. The van der Waals surface area contributed by atoms with Crippen LogP contribution in [0.2, 0.25) is 0 Å². The number of benzene rings is 1. The second kappa shape index (κ2) is 3.92. The summed E-state index contributed by atoms with van der Waals surface area (Å²) >= 11 is 0. The number of carbonyl (C=O) groups excluding carboxylic acids is 1. The molecule has 1 heterocycles. The standard InChI is InChI=1S/C11H12N2O3/c1-7-5-8-3-2-4-11(14)12-9(8)6-10(7)13(15)16/h5-6H,2-4H2,1H3,(H,12,14). The molecule has 1 aliphatic rings. The largest absolute Gasteiger partial charge is 0.326 e. The van der Waals surface area contributed by atoms with Crippen LogP contribution >= 0.6 is 0 Å². The van der Waals surface area contributed by atoms with Crippen LogP contribution in [-0.4, -0.2) is 10.8 Å². The lowest BCUT2D eigenvalue weighted by atomic mass is 10.0. The van der Waals surface area contributed by atoms with E-state index in [0.29, 0.717) is 17.7 Å². The molecule has 0 radical (unpaired) electrons. The molecule has 84 valence electrons. The molecular weight excluding hydrogens is 208 g/mol. The van der Waals surface area contributed by atoms with E-state index in [9.17, 15) is 14.9 Å². The fourth-order valence-electron chi connectivity index (χ4n) is 1.93. The second-order valence-electron chi connectivity index (χ2n) is 3.95. The smallest absolute Gasteiger partial charge is 0.274 e. The quantitative estimate of drug-likeness (QED) is 0.582. The van der Waals surface area contributed by atoms with Crippen LogP contribution in [0.25, 0.3) is 0 Å². The van der Waals surface area contributed by atoms with E-state index in [1.807, 2.05) is 0 Å². The Morgan fingerprint density at radius 3 is 2.81 bits per heavy atom. The number of nitro benzene ring substituents is 1. The minimum Gasteiger partial charge on any atom is -0.326 e. The molecule has 1 amide bonds. The first kappa shape index (κ1) is 10.6. The molecule has 0 bridgehead atoms. The van der Waals surface area contributed by atoms with Crippen LogP contribution in [0.1, 0.15) is 24.0 Å². The summed E-state index contributed by atoms with van der Waals surface area (Å²) < 4.78 is 0. The Labute approximate surface area is 92.6 Å². The van der Waals surface area contributed by atoms with E-state index in [2.05, 4.69) is 5.32 Å². The number of nitrogens with one attached hydrogen (secondary N) is 1. The van der Waals surface area contributed by atoms with Crippen molar-refractivity contribution in [2.45, 2.75) is 26.2 Å². The van der Waals surface area contributed by atoms with Gasteiger partial charge in [0.15, 0.2) is 0 Å². The van der Waals surface area contributed by atoms with Crippen molar-refractivity contribution in [2.24, 2.45) is 0 Å². The Bertz CT molecular complexity index is 469. The highest BCUT2D eigenvalue weighted by atomic mass is 16.6. The predicted octanol–water partition coefficient (Wildman–Crippen LogP) is 2.18. The lowest BCUT2D eigenvalue weighted by Gasteiger charge is -2.07. The van der Waals surface area contributed by atoms with Gasteiger partial charge in [-0.3, -0.25) is 14.9 Å². The van der Waals surface area contributed by atoms with Crippen molar-refractivity contribution < 1.29 is 9.72 Å². The topological polar surface area (TPSA) is 72.2 Å². The first-order valence-corrected chi connectivity index (χ1v) is 5.15. The molecule has 0 aliphatic carbocycles. The van der Waals surface area contributed by atoms with Crippen molar-refractivity contribution in [1.82, 2.24) is 0 Å². The molecule has 1 aromatic carbocycles. The normalized spacial score (nSPS) is 14.9. The zero-order valence-corrected chi connectivity index (χ0v) is 8.95. The monoisotopic (exact) mass is 220 g/mol. The third-order valence-corrected chi connectivity index (χ3v) is 2.74. The van der Waals surface area contributed by atoms with E-state index >= 15 is 0 Å². The summed E-state index contributed by atoms with van der Waals surface area (Å²) in [7, 11) is 0. The van der Waals surface area contributed by atoms with Gasteiger partial charge >= 0.3 is 0 Å². The van der Waals surface area contributed by atoms with Gasteiger partial charge in [0, 0.05) is 18.1 Å². The van der Waals surface area contributed by atoms with Crippen LogP contribution < -0.4 is 5.32 Å². The highest BCUT2D eigenvalue weighted by Crippen LogP contribution is 2.29. The predicted molar refractivity (Wildman–Crippen MR) is 59.4 cm³/mol. The van der Waals surface area contributed by atoms with E-state index in [4.69, 9.17) is 0 Å². The van der Waals surface area contributed by atoms with Crippen molar-refractivity contribution in [3.05, 3.63) is 33.4 Å². The lowest BCUT2D eigenvalue weighted by molar-refractivity contribution is -0.385. The van der Waals surface area contributed by atoms with Gasteiger partial charge in [-0.2, -0.15) is 0 Å². The highest BCUT2D eigenvalue weighted by molar-refractivity contribution is 5.92. The molecule has 5 heteroatoms. The number of hydrogen-bond donors (Lipinski definition) is 1. The Kier molecular flexibility index (Phi) is 2.60. The minimum atomic E-state index is -0.424. The van der Waals surface area contributed by atoms with E-state index in [-0.39, 0.29) is 11.6 Å². The van der Waals surface area contributed by atoms with Crippen molar-refractivity contribution in [2.75, 3.05) is 5.32 Å². The first-order valence-electron chi connectivity index (χ1n) is 5.15. The summed E-state index contributed by atoms with van der Waals surface area (Å²) in [6, 6.07) is 3.24. The number of carbonyl (C=O) groups is 1. The Morgan fingerprint density at radius 1 is 1.38 bits per heavy atom. The van der Waals surface area contributed by atoms with E-state index in [0.717, 1.165) is 18.4 Å². The average molecular weight is 220 g/mol. The summed E-state index contributed by atoms with van der Waals surface area (Å²) in [6.45, 7) is 1.71. The maximum Gasteiger partial charge on any atom is 0.274 e. The van der Waals surface area contributed by atoms with Crippen LogP contribution in [0.3, 0.4) is 0 Å². The van der Waals surface area contributed by atoms with Gasteiger partial charge in [-0.1, -0.05) is 0 Å². The highest BCUT2D eigenvalue weighted by Gasteiger charge is 2.18. The number of nitrogens with zero attached hydrogens (tertiary/aromatic N) is 1. The van der Waals surface area contributed by atoms with Crippen molar-refractivity contribution in [3.8, 4) is 0 Å². The zero-order chi connectivity index (χ0) is 11.7. The molecule has 1 N–H and O–H groups in total. The van der Waals surface area contributed by atoms with Crippen molar-refractivity contribution in [1.29, 1.82) is 0 Å². The minimum absolute atomic E-state index is 0.0564. The van der Waals surface area contributed by atoms with Crippen LogP contribution in [0.4, 0.5) is 11.4 Å². The van der Waals surface area contributed by atoms with E-state index in [1.54, 1.807) is 13.0 Å². The maximum absolute atomic E-state index is 11.3. The molecule has 2 rings (SSSR count). The van der Waals surface area contributed by atoms with Crippen LogP contribution in [0.5, 0.6) is 0 Å². The van der Waals surface area contributed by atoms with Crippen molar-refractivity contribution in [3.63, 3.8) is 0 Å². The number of nitro groups is 1. The first-order chi connectivity index (χ1) is 7.58. The molecular formula is C11H12N2O3. The molecule has 0 unspecified atom stereocenters. The molecule has 0 fully saturated rings. The third-order valence-electron chi connectivity index (χ3n) is 2.74. The summed E-state index contributed by atoms with van der Waals surface area (Å²) in [6.07, 6.45) is 2.05. The summed E-state index contributed by atoms with van der Waals surface area (Å²) in [4.78, 5) is 21.7. The molecule has 1 aliphatic heterocycles. The number of aryl methyl sites for hydroxylation is 2. The number of hydrogen-bond acceptors (Lipinski definition) is 3. The average Bonchev–Trinajstić information content (AvgIpc) is 2.37. The fourth-order valence-corrected chi connectivity index (χ4v) is 1.93. The third kappa shape index (κ3) is 1.88. The Hall–Kier alpha value is -1.91. The Balaban J connectivity index is 2.50. The molecule has 16 heavy (non-hydrogen) atoms. The van der Waals surface area contributed by atoms with E-state index in [1.165, 1.54) is 6.07 Å².